The first-order chi connectivity index (χ1) is 11.1. The molecule has 5 nitrogen and oxygen atoms in total. The fraction of sp³-hybridized carbons (Fsp3) is 0.0588. The van der Waals surface area contributed by atoms with Gasteiger partial charge in [0, 0.05) is 34.7 Å². The van der Waals surface area contributed by atoms with Crippen LogP contribution in [0.15, 0.2) is 54.7 Å². The zero-order valence-electron chi connectivity index (χ0n) is 12.3. The second-order valence-corrected chi connectivity index (χ2v) is 5.52. The Balaban J connectivity index is 1.74. The van der Waals surface area contributed by atoms with Crippen molar-refractivity contribution < 1.29 is 9.59 Å². The molecular formula is C17H14ClN3O2. The largest absolute Gasteiger partial charge is 0.350 e. The summed E-state index contributed by atoms with van der Waals surface area (Å²) in [7, 11) is 1.87. The van der Waals surface area contributed by atoms with Crippen LogP contribution in [0.4, 0.5) is 0 Å². The van der Waals surface area contributed by atoms with Crippen molar-refractivity contribution in [2.24, 2.45) is 7.05 Å². The second-order valence-electron chi connectivity index (χ2n) is 5.09. The molecule has 0 saturated heterocycles. The molecule has 6 heteroatoms. The molecule has 2 amide bonds. The maximum absolute atomic E-state index is 12.3. The van der Waals surface area contributed by atoms with E-state index in [1.54, 1.807) is 30.5 Å². The quantitative estimate of drug-likeness (QED) is 0.711. The summed E-state index contributed by atoms with van der Waals surface area (Å²) in [6, 6.07) is 14.0. The molecule has 0 bridgehead atoms. The standard InChI is InChI=1S/C17H14ClN3O2/c1-21-10-14(13-4-2-3-5-15(13)21)17(23)20-19-16(22)11-6-8-12(18)9-7-11/h2-10H,1H3,(H,19,22)(H,20,23). The van der Waals surface area contributed by atoms with Gasteiger partial charge in [-0.25, -0.2) is 0 Å². The van der Waals surface area contributed by atoms with Gasteiger partial charge in [0.05, 0.1) is 5.56 Å². The molecule has 0 unspecified atom stereocenters. The highest BCUT2D eigenvalue weighted by Gasteiger charge is 2.14. The van der Waals surface area contributed by atoms with Crippen LogP contribution < -0.4 is 10.9 Å². The number of amides is 2. The molecule has 116 valence electrons. The first-order valence-corrected chi connectivity index (χ1v) is 7.34. The molecule has 0 spiro atoms. The number of benzene rings is 2. The lowest BCUT2D eigenvalue weighted by Gasteiger charge is -2.07. The summed E-state index contributed by atoms with van der Waals surface area (Å²) in [5.74, 6) is -0.778. The van der Waals surface area contributed by atoms with Gasteiger partial charge in [-0.05, 0) is 30.3 Å². The predicted octanol–water partition coefficient (Wildman–Crippen LogP) is 2.91. The normalized spacial score (nSPS) is 10.5. The molecule has 0 atom stereocenters. The van der Waals surface area contributed by atoms with E-state index in [-0.39, 0.29) is 5.91 Å². The van der Waals surface area contributed by atoms with Gasteiger partial charge in [-0.2, -0.15) is 0 Å². The predicted molar refractivity (Wildman–Crippen MR) is 89.3 cm³/mol. The van der Waals surface area contributed by atoms with Crippen molar-refractivity contribution in [1.29, 1.82) is 0 Å². The number of aromatic nitrogens is 1. The fourth-order valence-electron chi connectivity index (χ4n) is 2.38. The summed E-state index contributed by atoms with van der Waals surface area (Å²) < 4.78 is 1.87. The molecule has 0 radical (unpaired) electrons. The van der Waals surface area contributed by atoms with Crippen LogP contribution in [-0.2, 0) is 7.05 Å². The highest BCUT2D eigenvalue weighted by Crippen LogP contribution is 2.19. The first kappa shape index (κ1) is 15.1. The third-order valence-corrected chi connectivity index (χ3v) is 3.79. The molecule has 1 heterocycles. The summed E-state index contributed by atoms with van der Waals surface area (Å²) in [4.78, 5) is 24.3. The number of nitrogens with zero attached hydrogens (tertiary/aromatic N) is 1. The van der Waals surface area contributed by atoms with Crippen molar-refractivity contribution in [2.45, 2.75) is 0 Å². The summed E-state index contributed by atoms with van der Waals surface area (Å²) in [6.45, 7) is 0. The molecule has 1 aromatic heterocycles. The van der Waals surface area contributed by atoms with Gasteiger partial charge in [0.15, 0.2) is 0 Å². The van der Waals surface area contributed by atoms with Crippen LogP contribution in [-0.4, -0.2) is 16.4 Å². The van der Waals surface area contributed by atoms with Gasteiger partial charge in [-0.15, -0.1) is 0 Å². The maximum Gasteiger partial charge on any atom is 0.271 e. The minimum absolute atomic E-state index is 0.371. The Morgan fingerprint density at radius 2 is 1.61 bits per heavy atom. The topological polar surface area (TPSA) is 63.1 Å². The van der Waals surface area contributed by atoms with Crippen LogP contribution >= 0.6 is 11.6 Å². The number of hydrogen-bond donors (Lipinski definition) is 2. The molecule has 2 N–H and O–H groups in total. The average molecular weight is 328 g/mol. The number of aryl methyl sites for hydroxylation is 1. The van der Waals surface area contributed by atoms with Gasteiger partial charge >= 0.3 is 0 Å². The van der Waals surface area contributed by atoms with Gasteiger partial charge < -0.3 is 4.57 Å². The minimum atomic E-state index is -0.407. The Morgan fingerprint density at radius 1 is 0.957 bits per heavy atom. The Bertz CT molecular complexity index is 884. The summed E-state index contributed by atoms with van der Waals surface area (Å²) in [6.07, 6.45) is 1.73. The number of fused-ring (bicyclic) bond motifs is 1. The number of rotatable bonds is 2. The van der Waals surface area contributed by atoms with Crippen LogP contribution in [0.2, 0.25) is 5.02 Å². The molecule has 0 aliphatic carbocycles. The summed E-state index contributed by atoms with van der Waals surface area (Å²) >= 11 is 5.78. The van der Waals surface area contributed by atoms with E-state index in [4.69, 9.17) is 11.6 Å². The van der Waals surface area contributed by atoms with Gasteiger partial charge in [-0.3, -0.25) is 20.4 Å². The van der Waals surface area contributed by atoms with E-state index < -0.39 is 5.91 Å². The molecule has 0 aliphatic rings. The Kier molecular flexibility index (Phi) is 4.04. The molecule has 23 heavy (non-hydrogen) atoms. The van der Waals surface area contributed by atoms with Crippen molar-refractivity contribution in [3.05, 3.63) is 70.9 Å². The highest BCUT2D eigenvalue weighted by molar-refractivity contribution is 6.30. The SMILES string of the molecule is Cn1cc(C(=O)NNC(=O)c2ccc(Cl)cc2)c2ccccc21. The van der Waals surface area contributed by atoms with Crippen LogP contribution in [0.3, 0.4) is 0 Å². The summed E-state index contributed by atoms with van der Waals surface area (Å²) in [5.41, 5.74) is 6.69. The van der Waals surface area contributed by atoms with Crippen LogP contribution in [0.5, 0.6) is 0 Å². The zero-order valence-corrected chi connectivity index (χ0v) is 13.1. The Hall–Kier alpha value is -2.79. The van der Waals surface area contributed by atoms with Crippen LogP contribution in [0, 0.1) is 0 Å². The van der Waals surface area contributed by atoms with Gasteiger partial charge in [-0.1, -0.05) is 29.8 Å². The second kappa shape index (κ2) is 6.14. The lowest BCUT2D eigenvalue weighted by atomic mass is 10.2. The number of carbonyl (C=O) groups excluding carboxylic acids is 2. The van der Waals surface area contributed by atoms with Crippen LogP contribution in [0.1, 0.15) is 20.7 Å². The molecule has 3 rings (SSSR count). The number of carbonyl (C=O) groups is 2. The number of para-hydroxylation sites is 1. The third kappa shape index (κ3) is 3.05. The number of nitrogens with one attached hydrogen (secondary N) is 2. The van der Waals surface area contributed by atoms with Crippen molar-refractivity contribution in [3.63, 3.8) is 0 Å². The lowest BCUT2D eigenvalue weighted by Crippen LogP contribution is -2.41. The monoisotopic (exact) mass is 327 g/mol. The third-order valence-electron chi connectivity index (χ3n) is 3.54. The van der Waals surface area contributed by atoms with E-state index in [1.165, 1.54) is 0 Å². The van der Waals surface area contributed by atoms with Gasteiger partial charge in [0.25, 0.3) is 11.8 Å². The van der Waals surface area contributed by atoms with E-state index in [1.807, 2.05) is 35.9 Å². The molecule has 0 saturated carbocycles. The smallest absolute Gasteiger partial charge is 0.271 e. The minimum Gasteiger partial charge on any atom is -0.350 e. The van der Waals surface area contributed by atoms with Crippen molar-refractivity contribution in [1.82, 2.24) is 15.4 Å². The maximum atomic E-state index is 12.3. The molecule has 0 fully saturated rings. The van der Waals surface area contributed by atoms with E-state index in [0.717, 1.165) is 10.9 Å². The van der Waals surface area contributed by atoms with E-state index in [2.05, 4.69) is 10.9 Å². The van der Waals surface area contributed by atoms with Crippen LogP contribution in [0.25, 0.3) is 10.9 Å². The Morgan fingerprint density at radius 3 is 2.35 bits per heavy atom. The van der Waals surface area contributed by atoms with Crippen molar-refractivity contribution in [2.75, 3.05) is 0 Å². The van der Waals surface area contributed by atoms with E-state index >= 15 is 0 Å². The number of hydrogen-bond acceptors (Lipinski definition) is 2. The molecular weight excluding hydrogens is 314 g/mol. The number of hydrazine groups is 1. The number of halogens is 1. The van der Waals surface area contributed by atoms with E-state index in [0.29, 0.717) is 16.1 Å². The lowest BCUT2D eigenvalue weighted by molar-refractivity contribution is 0.0847. The molecule has 0 aliphatic heterocycles. The van der Waals surface area contributed by atoms with Gasteiger partial charge in [0.1, 0.15) is 0 Å². The average Bonchev–Trinajstić information content (AvgIpc) is 2.90. The molecule has 3 aromatic rings. The molecule has 2 aromatic carbocycles. The van der Waals surface area contributed by atoms with Crippen molar-refractivity contribution in [3.8, 4) is 0 Å². The summed E-state index contributed by atoms with van der Waals surface area (Å²) in [5, 5.41) is 1.37. The first-order valence-electron chi connectivity index (χ1n) is 6.96. The van der Waals surface area contributed by atoms with Crippen molar-refractivity contribution >= 4 is 34.3 Å². The highest BCUT2D eigenvalue weighted by atomic mass is 35.5. The fourth-order valence-corrected chi connectivity index (χ4v) is 2.50. The zero-order chi connectivity index (χ0) is 16.4. The Labute approximate surface area is 137 Å². The van der Waals surface area contributed by atoms with Gasteiger partial charge in [0.2, 0.25) is 0 Å². The van der Waals surface area contributed by atoms with E-state index in [9.17, 15) is 9.59 Å².